The van der Waals surface area contributed by atoms with Crippen LogP contribution in [0.2, 0.25) is 0 Å². The normalized spacial score (nSPS) is 19.4. The van der Waals surface area contributed by atoms with Crippen molar-refractivity contribution >= 4 is 25.4 Å². The molecule has 118 valence electrons. The SMILES string of the molecule is O=C1O[C@H](c2ccccc2)[C@@H]([Se]c2ccccc2)c2ccccc21. The van der Waals surface area contributed by atoms with Crippen LogP contribution in [0.1, 0.15) is 32.4 Å². The van der Waals surface area contributed by atoms with Crippen LogP contribution in [-0.4, -0.2) is 20.9 Å². The molecule has 0 fully saturated rings. The van der Waals surface area contributed by atoms with Crippen LogP contribution in [0.25, 0.3) is 0 Å². The number of hydrogen-bond donors (Lipinski definition) is 0. The van der Waals surface area contributed by atoms with Gasteiger partial charge < -0.3 is 0 Å². The van der Waals surface area contributed by atoms with Crippen molar-refractivity contribution in [1.82, 2.24) is 0 Å². The number of benzene rings is 3. The number of carbonyl (C=O) groups is 1. The number of rotatable bonds is 3. The quantitative estimate of drug-likeness (QED) is 0.513. The first-order chi connectivity index (χ1) is 11.8. The molecule has 0 saturated carbocycles. The summed E-state index contributed by atoms with van der Waals surface area (Å²) in [4.78, 5) is 12.6. The van der Waals surface area contributed by atoms with Gasteiger partial charge in [0.15, 0.2) is 0 Å². The van der Waals surface area contributed by atoms with Crippen molar-refractivity contribution in [3.05, 3.63) is 102 Å². The van der Waals surface area contributed by atoms with Crippen LogP contribution in [0.4, 0.5) is 0 Å². The Bertz CT molecular complexity index is 846. The van der Waals surface area contributed by atoms with Gasteiger partial charge in [0.1, 0.15) is 0 Å². The predicted molar refractivity (Wildman–Crippen MR) is 95.6 cm³/mol. The Morgan fingerprint density at radius 3 is 2.12 bits per heavy atom. The van der Waals surface area contributed by atoms with E-state index in [-0.39, 0.29) is 31.8 Å². The van der Waals surface area contributed by atoms with Gasteiger partial charge in [-0.2, -0.15) is 0 Å². The molecule has 3 heteroatoms. The first-order valence-corrected chi connectivity index (χ1v) is 9.74. The molecule has 1 aliphatic rings. The summed E-state index contributed by atoms with van der Waals surface area (Å²) in [5.41, 5.74) is 2.86. The summed E-state index contributed by atoms with van der Waals surface area (Å²) in [6.07, 6.45) is -0.228. The average Bonchev–Trinajstić information content (AvgIpc) is 2.65. The number of ether oxygens (including phenoxy) is 1. The van der Waals surface area contributed by atoms with Crippen LogP contribution in [0.5, 0.6) is 0 Å². The molecule has 1 aliphatic heterocycles. The Kier molecular flexibility index (Phi) is 4.20. The first-order valence-electron chi connectivity index (χ1n) is 7.89. The molecule has 0 spiro atoms. The van der Waals surface area contributed by atoms with Crippen molar-refractivity contribution in [1.29, 1.82) is 0 Å². The fourth-order valence-corrected chi connectivity index (χ4v) is 5.67. The topological polar surface area (TPSA) is 26.3 Å². The summed E-state index contributed by atoms with van der Waals surface area (Å²) in [6.45, 7) is 0. The van der Waals surface area contributed by atoms with Gasteiger partial charge in [-0.1, -0.05) is 0 Å². The molecule has 0 saturated heterocycles. The molecular weight excluding hydrogens is 363 g/mol. The second-order valence-electron chi connectivity index (χ2n) is 5.68. The van der Waals surface area contributed by atoms with Crippen molar-refractivity contribution in [3.63, 3.8) is 0 Å². The van der Waals surface area contributed by atoms with E-state index in [2.05, 4.69) is 30.3 Å². The fraction of sp³-hybridized carbons (Fsp3) is 0.0952. The Morgan fingerprint density at radius 1 is 0.750 bits per heavy atom. The zero-order valence-electron chi connectivity index (χ0n) is 13.0. The summed E-state index contributed by atoms with van der Waals surface area (Å²) in [7, 11) is 0. The average molecular weight is 379 g/mol. The van der Waals surface area contributed by atoms with Crippen LogP contribution in [-0.2, 0) is 4.74 Å². The zero-order chi connectivity index (χ0) is 16.4. The minimum atomic E-state index is -0.228. The van der Waals surface area contributed by atoms with Gasteiger partial charge in [0.05, 0.1) is 0 Å². The third kappa shape index (κ3) is 2.89. The van der Waals surface area contributed by atoms with Gasteiger partial charge in [0, 0.05) is 0 Å². The molecule has 2 nitrogen and oxygen atoms in total. The third-order valence-electron chi connectivity index (χ3n) is 4.13. The number of carbonyl (C=O) groups excluding carboxylic acids is 1. The Labute approximate surface area is 147 Å². The van der Waals surface area contributed by atoms with E-state index in [9.17, 15) is 4.79 Å². The Hall–Kier alpha value is -2.35. The van der Waals surface area contributed by atoms with Gasteiger partial charge in [-0.05, 0) is 0 Å². The molecular formula is C21H16O2Se. The van der Waals surface area contributed by atoms with E-state index in [4.69, 9.17) is 4.74 Å². The molecule has 4 rings (SSSR count). The molecule has 0 amide bonds. The van der Waals surface area contributed by atoms with Crippen molar-refractivity contribution in [2.45, 2.75) is 10.9 Å². The summed E-state index contributed by atoms with van der Waals surface area (Å²) in [6, 6.07) is 28.4. The maximum atomic E-state index is 12.5. The van der Waals surface area contributed by atoms with Crippen molar-refractivity contribution in [2.24, 2.45) is 0 Å². The van der Waals surface area contributed by atoms with Gasteiger partial charge >= 0.3 is 147 Å². The molecule has 2 atom stereocenters. The van der Waals surface area contributed by atoms with E-state index in [1.807, 2.05) is 54.6 Å². The summed E-state index contributed by atoms with van der Waals surface area (Å²) in [5.74, 6) is -0.223. The van der Waals surface area contributed by atoms with Crippen LogP contribution in [0, 0.1) is 0 Å². The van der Waals surface area contributed by atoms with E-state index < -0.39 is 0 Å². The maximum absolute atomic E-state index is 12.5. The first kappa shape index (κ1) is 15.2. The molecule has 0 unspecified atom stereocenters. The molecule has 3 aromatic rings. The van der Waals surface area contributed by atoms with E-state index in [1.54, 1.807) is 0 Å². The van der Waals surface area contributed by atoms with Gasteiger partial charge in [0.2, 0.25) is 0 Å². The van der Waals surface area contributed by atoms with Crippen molar-refractivity contribution < 1.29 is 9.53 Å². The van der Waals surface area contributed by atoms with E-state index in [0.717, 1.165) is 11.1 Å². The summed E-state index contributed by atoms with van der Waals surface area (Å²) in [5, 5.41) is 0. The van der Waals surface area contributed by atoms with E-state index >= 15 is 0 Å². The van der Waals surface area contributed by atoms with Gasteiger partial charge in [0.25, 0.3) is 0 Å². The molecule has 0 bridgehead atoms. The Morgan fingerprint density at radius 2 is 1.38 bits per heavy atom. The fourth-order valence-electron chi connectivity index (χ4n) is 2.99. The number of fused-ring (bicyclic) bond motifs is 1. The third-order valence-corrected chi connectivity index (χ3v) is 6.86. The monoisotopic (exact) mass is 380 g/mol. The van der Waals surface area contributed by atoms with Crippen LogP contribution in [0.3, 0.4) is 0 Å². The summed E-state index contributed by atoms with van der Waals surface area (Å²) >= 11 is 0.165. The van der Waals surface area contributed by atoms with E-state index in [1.165, 1.54) is 4.46 Å². The van der Waals surface area contributed by atoms with E-state index in [0.29, 0.717) is 5.56 Å². The number of esters is 1. The van der Waals surface area contributed by atoms with Crippen LogP contribution < -0.4 is 4.46 Å². The van der Waals surface area contributed by atoms with Gasteiger partial charge in [-0.15, -0.1) is 0 Å². The van der Waals surface area contributed by atoms with Crippen LogP contribution >= 0.6 is 0 Å². The van der Waals surface area contributed by atoms with Crippen LogP contribution in [0.15, 0.2) is 84.9 Å². The molecule has 24 heavy (non-hydrogen) atoms. The van der Waals surface area contributed by atoms with Crippen molar-refractivity contribution in [3.8, 4) is 0 Å². The molecule has 0 radical (unpaired) electrons. The molecule has 0 N–H and O–H groups in total. The second kappa shape index (κ2) is 6.64. The summed E-state index contributed by atoms with van der Waals surface area (Å²) < 4.78 is 7.17. The molecule has 3 aromatic carbocycles. The number of cyclic esters (lactones) is 1. The van der Waals surface area contributed by atoms with Crippen molar-refractivity contribution in [2.75, 3.05) is 0 Å². The van der Waals surface area contributed by atoms with Gasteiger partial charge in [-0.3, -0.25) is 0 Å². The minimum absolute atomic E-state index is 0.165. The molecule has 0 aliphatic carbocycles. The van der Waals surface area contributed by atoms with Gasteiger partial charge in [-0.25, -0.2) is 0 Å². The Balaban J connectivity index is 1.79. The molecule has 1 heterocycles. The zero-order valence-corrected chi connectivity index (χ0v) is 14.7. The number of hydrogen-bond acceptors (Lipinski definition) is 2. The predicted octanol–water partition coefficient (Wildman–Crippen LogP) is 3.67. The molecule has 0 aromatic heterocycles. The standard InChI is InChI=1S/C21H16O2Se/c22-21-18-14-8-7-13-17(18)20(24-16-11-5-2-6-12-16)19(23-21)15-9-3-1-4-10-15/h1-14,19-20H/t19-,20+/m1/s1. The second-order valence-corrected chi connectivity index (χ2v) is 8.22.